The molecule has 4 heterocycles. The Morgan fingerprint density at radius 1 is 0.590 bits per heavy atom. The van der Waals surface area contributed by atoms with E-state index in [0.717, 1.165) is 84.4 Å². The van der Waals surface area contributed by atoms with E-state index in [-0.39, 0.29) is 26.2 Å². The minimum Gasteiger partial charge on any atom is -0.496 e. The Hall–Kier alpha value is -4.92. The van der Waals surface area contributed by atoms with Crippen LogP contribution in [-0.2, 0) is 32.9 Å². The number of hydrogen-bond acceptors (Lipinski definition) is 11. The summed E-state index contributed by atoms with van der Waals surface area (Å²) < 4.78 is 115. The van der Waals surface area contributed by atoms with Gasteiger partial charge in [-0.25, -0.2) is 44.4 Å². The lowest BCUT2D eigenvalue weighted by atomic mass is 10.1. The number of methoxy groups -OCH3 is 1. The number of nitrogens with zero attached hydrogens (tertiary/aromatic N) is 6. The lowest BCUT2D eigenvalue weighted by molar-refractivity contribution is 0.378. The van der Waals surface area contributed by atoms with Crippen LogP contribution in [0.15, 0.2) is 105 Å². The molecule has 2 aromatic heterocycles. The highest BCUT2D eigenvalue weighted by atomic mass is 32.2. The van der Waals surface area contributed by atoms with Crippen molar-refractivity contribution in [2.75, 3.05) is 69.3 Å². The molecule has 0 radical (unpaired) electrons. The van der Waals surface area contributed by atoms with Crippen molar-refractivity contribution < 1.29 is 39.1 Å². The molecule has 0 atom stereocenters. The monoisotopic (exact) mass is 914 g/mol. The molecule has 19 heteroatoms. The Labute approximate surface area is 360 Å². The van der Waals surface area contributed by atoms with Gasteiger partial charge < -0.3 is 14.5 Å². The third kappa shape index (κ3) is 10.1. The van der Waals surface area contributed by atoms with Gasteiger partial charge in [0, 0.05) is 81.5 Å². The minimum atomic E-state index is -4.25. The van der Waals surface area contributed by atoms with E-state index < -0.39 is 53.1 Å². The molecule has 4 aromatic carbocycles. The second-order valence-corrected chi connectivity index (χ2v) is 19.7. The molecular weight excluding hydrogens is 873 g/mol. The third-order valence-electron chi connectivity index (χ3n) is 10.2. The zero-order chi connectivity index (χ0) is 43.3. The highest BCUT2D eigenvalue weighted by Crippen LogP contribution is 2.30. The molecule has 8 rings (SSSR count). The summed E-state index contributed by atoms with van der Waals surface area (Å²) in [6.07, 6.45) is 1.36. The minimum absolute atomic E-state index is 0.123. The number of piperazine rings is 2. The Morgan fingerprint density at radius 2 is 1.03 bits per heavy atom. The molecule has 0 bridgehead atoms. The molecule has 11 nitrogen and oxygen atoms in total. The van der Waals surface area contributed by atoms with Crippen molar-refractivity contribution >= 4 is 53.0 Å². The number of ether oxygens (including phenoxy) is 1. The largest absolute Gasteiger partial charge is 0.496 e. The topological polar surface area (TPSA) is 116 Å². The Kier molecular flexibility index (Phi) is 13.7. The smallest absolute Gasteiger partial charge is 0.249 e. The van der Waals surface area contributed by atoms with E-state index >= 15 is 0 Å². The van der Waals surface area contributed by atoms with Crippen LogP contribution in [0.2, 0.25) is 0 Å². The second-order valence-electron chi connectivity index (χ2n) is 14.3. The van der Waals surface area contributed by atoms with Crippen molar-refractivity contribution in [2.45, 2.75) is 29.6 Å². The van der Waals surface area contributed by atoms with Crippen molar-refractivity contribution in [1.29, 1.82) is 0 Å². The first-order valence-electron chi connectivity index (χ1n) is 19.2. The molecule has 61 heavy (non-hydrogen) atoms. The maximum atomic E-state index is 14.0. The summed E-state index contributed by atoms with van der Waals surface area (Å²) in [5.41, 5.74) is 5.28. The first kappa shape index (κ1) is 44.1. The highest BCUT2D eigenvalue weighted by Gasteiger charge is 2.35. The molecular formula is C42H42F4N6O5S4. The Bertz CT molecular complexity index is 2660. The van der Waals surface area contributed by atoms with Crippen LogP contribution in [0.25, 0.3) is 0 Å². The predicted octanol–water partition coefficient (Wildman–Crippen LogP) is 7.36. The Morgan fingerprint density at radius 3 is 1.49 bits per heavy atom. The summed E-state index contributed by atoms with van der Waals surface area (Å²) in [7, 11) is -6.84. The van der Waals surface area contributed by atoms with Crippen molar-refractivity contribution in [3.05, 3.63) is 147 Å². The zero-order valence-electron chi connectivity index (χ0n) is 33.2. The Balaban J connectivity index is 0.000000184. The summed E-state index contributed by atoms with van der Waals surface area (Å²) in [5, 5.41) is 5.60. The summed E-state index contributed by atoms with van der Waals surface area (Å²) >= 11 is 3.00. The van der Waals surface area contributed by atoms with E-state index in [4.69, 9.17) is 4.74 Å². The van der Waals surface area contributed by atoms with Gasteiger partial charge in [-0.2, -0.15) is 8.61 Å². The molecule has 0 aliphatic carbocycles. The number of thiazole rings is 2. The number of halogens is 4. The summed E-state index contributed by atoms with van der Waals surface area (Å²) in [6.45, 7) is 4.17. The fourth-order valence-electron chi connectivity index (χ4n) is 7.08. The molecule has 0 amide bonds. The van der Waals surface area contributed by atoms with Crippen LogP contribution in [0.3, 0.4) is 0 Å². The number of hydrogen-bond donors (Lipinski definition) is 0. The normalized spacial score (nSPS) is 15.4. The van der Waals surface area contributed by atoms with Crippen LogP contribution in [-0.4, -0.2) is 94.9 Å². The average molecular weight is 915 g/mol. The molecule has 2 aliphatic heterocycles. The van der Waals surface area contributed by atoms with Gasteiger partial charge in [0.1, 0.15) is 29.0 Å². The average Bonchev–Trinajstić information content (AvgIpc) is 3.91. The van der Waals surface area contributed by atoms with Crippen LogP contribution in [0.5, 0.6) is 5.75 Å². The SMILES string of the molecule is COc1ccccc1Cc1csc(N2CCN(S(=O)(=O)c3c(F)cccc3F)CC2)n1.Cc1cccc(Cc2csc(N3CCN(S(=O)(=O)c4c(F)cccc4F)CC3)n2)c1. The van der Waals surface area contributed by atoms with E-state index in [1.165, 1.54) is 33.8 Å². The van der Waals surface area contributed by atoms with E-state index in [0.29, 0.717) is 32.6 Å². The van der Waals surface area contributed by atoms with Crippen molar-refractivity contribution in [1.82, 2.24) is 18.6 Å². The van der Waals surface area contributed by atoms with E-state index in [1.54, 1.807) is 7.11 Å². The van der Waals surface area contributed by atoms with Crippen molar-refractivity contribution in [2.24, 2.45) is 0 Å². The fourth-order valence-corrected chi connectivity index (χ4v) is 11.9. The zero-order valence-corrected chi connectivity index (χ0v) is 36.4. The number of sulfonamides is 2. The molecule has 6 aromatic rings. The van der Waals surface area contributed by atoms with Crippen LogP contribution >= 0.6 is 22.7 Å². The summed E-state index contributed by atoms with van der Waals surface area (Å²) in [4.78, 5) is 11.6. The van der Waals surface area contributed by atoms with Crippen LogP contribution in [0, 0.1) is 30.2 Å². The molecule has 0 unspecified atom stereocenters. The summed E-state index contributed by atoms with van der Waals surface area (Å²) in [5.74, 6) is -3.50. The van der Waals surface area contributed by atoms with Gasteiger partial charge in [0.2, 0.25) is 20.0 Å². The number of benzene rings is 4. The van der Waals surface area contributed by atoms with Crippen molar-refractivity contribution in [3.8, 4) is 5.75 Å². The van der Waals surface area contributed by atoms with Gasteiger partial charge in [0.05, 0.1) is 18.5 Å². The van der Waals surface area contributed by atoms with Gasteiger partial charge in [0.15, 0.2) is 20.1 Å². The standard InChI is InChI=1S/C21H21F2N3O3S2.C21H21F2N3O2S2/c1-29-19-8-3-2-5-15(19)13-16-14-30-21(24-16)25-9-11-26(12-10-25)31(27,28)20-17(22)6-4-7-18(20)23;1-15-4-2-5-16(12-15)13-17-14-29-21(24-17)25-8-10-26(11-9-25)30(27,28)20-18(22)6-3-7-19(20)23/h2-8,14H,9-13H2,1H3;2-7,12,14H,8-11,13H2,1H3. The number of aryl methyl sites for hydroxylation is 1. The maximum absolute atomic E-state index is 14.0. The number of anilines is 2. The predicted molar refractivity (Wildman–Crippen MR) is 229 cm³/mol. The number of para-hydroxylation sites is 1. The first-order valence-corrected chi connectivity index (χ1v) is 23.8. The molecule has 2 aliphatic rings. The molecule has 322 valence electrons. The second kappa shape index (κ2) is 19.0. The van der Waals surface area contributed by atoms with Crippen LogP contribution in [0.4, 0.5) is 27.8 Å². The third-order valence-corrected chi connectivity index (χ3v) is 16.0. The van der Waals surface area contributed by atoms with Crippen LogP contribution < -0.4 is 14.5 Å². The summed E-state index contributed by atoms with van der Waals surface area (Å²) in [6, 6.07) is 22.1. The van der Waals surface area contributed by atoms with Gasteiger partial charge >= 0.3 is 0 Å². The molecule has 2 fully saturated rings. The molecule has 2 saturated heterocycles. The fraction of sp³-hybridized carbons (Fsp3) is 0.286. The van der Waals surface area contributed by atoms with Gasteiger partial charge in [-0.15, -0.1) is 22.7 Å². The van der Waals surface area contributed by atoms with Crippen molar-refractivity contribution in [3.63, 3.8) is 0 Å². The van der Waals surface area contributed by atoms with E-state index in [9.17, 15) is 34.4 Å². The van der Waals surface area contributed by atoms with E-state index in [1.807, 2.05) is 50.9 Å². The number of rotatable bonds is 11. The van der Waals surface area contributed by atoms with Gasteiger partial charge in [-0.1, -0.05) is 60.2 Å². The first-order chi connectivity index (χ1) is 29.2. The maximum Gasteiger partial charge on any atom is 0.249 e. The van der Waals surface area contributed by atoms with E-state index in [2.05, 4.69) is 35.1 Å². The van der Waals surface area contributed by atoms with Gasteiger partial charge in [0.25, 0.3) is 0 Å². The van der Waals surface area contributed by atoms with Crippen LogP contribution in [0.1, 0.15) is 28.1 Å². The molecule has 0 N–H and O–H groups in total. The van der Waals surface area contributed by atoms with Gasteiger partial charge in [-0.05, 0) is 42.8 Å². The van der Waals surface area contributed by atoms with Gasteiger partial charge in [-0.3, -0.25) is 0 Å². The highest BCUT2D eigenvalue weighted by molar-refractivity contribution is 7.89. The molecule has 0 spiro atoms. The number of aromatic nitrogens is 2. The molecule has 0 saturated carbocycles. The lowest BCUT2D eigenvalue weighted by Gasteiger charge is -2.33. The quantitative estimate of drug-likeness (QED) is 0.123. The lowest BCUT2D eigenvalue weighted by Crippen LogP contribution is -2.49.